The van der Waals surface area contributed by atoms with Gasteiger partial charge in [-0.2, -0.15) is 0 Å². The van der Waals surface area contributed by atoms with Gasteiger partial charge in [0.1, 0.15) is 0 Å². The highest BCUT2D eigenvalue weighted by atomic mass is 16.4. The zero-order valence-corrected chi connectivity index (χ0v) is 12.0. The van der Waals surface area contributed by atoms with Crippen molar-refractivity contribution < 1.29 is 14.7 Å². The molecule has 1 heterocycles. The van der Waals surface area contributed by atoms with E-state index in [1.165, 1.54) is 0 Å². The molecule has 1 N–H and O–H groups in total. The topological polar surface area (TPSA) is 60.9 Å². The smallest absolute Gasteiger partial charge is 0.309 e. The van der Waals surface area contributed by atoms with Crippen LogP contribution in [0.4, 0.5) is 0 Å². The summed E-state index contributed by atoms with van der Waals surface area (Å²) in [5.74, 6) is -0.993. The second-order valence-corrected chi connectivity index (χ2v) is 6.42. The quantitative estimate of drug-likeness (QED) is 0.819. The van der Waals surface area contributed by atoms with E-state index in [4.69, 9.17) is 5.11 Å². The second kappa shape index (κ2) is 4.88. The van der Waals surface area contributed by atoms with Gasteiger partial charge < -0.3 is 10.0 Å². The molecule has 0 spiro atoms. The average molecular weight is 256 g/mol. The van der Waals surface area contributed by atoms with Gasteiger partial charge in [-0.05, 0) is 34.7 Å². The molecule has 5 nitrogen and oxygen atoms in total. The van der Waals surface area contributed by atoms with Crippen LogP contribution in [0.25, 0.3) is 0 Å². The van der Waals surface area contributed by atoms with Crippen LogP contribution < -0.4 is 0 Å². The first-order chi connectivity index (χ1) is 8.06. The third-order valence-electron chi connectivity index (χ3n) is 3.84. The first-order valence-electron chi connectivity index (χ1n) is 6.29. The van der Waals surface area contributed by atoms with E-state index in [0.29, 0.717) is 13.1 Å². The maximum absolute atomic E-state index is 12.2. The molecule has 0 aromatic heterocycles. The van der Waals surface area contributed by atoms with E-state index in [-0.39, 0.29) is 17.9 Å². The summed E-state index contributed by atoms with van der Waals surface area (Å²) in [4.78, 5) is 27.2. The van der Waals surface area contributed by atoms with Crippen LogP contribution in [-0.4, -0.2) is 59.0 Å². The molecule has 0 saturated carbocycles. The minimum atomic E-state index is -0.995. The van der Waals surface area contributed by atoms with Gasteiger partial charge in [-0.1, -0.05) is 0 Å². The van der Waals surface area contributed by atoms with E-state index in [1.807, 2.05) is 7.05 Å². The molecule has 0 aliphatic carbocycles. The van der Waals surface area contributed by atoms with Crippen molar-refractivity contribution in [3.8, 4) is 0 Å². The standard InChI is InChI=1S/C13H24N2O3/c1-12(2,11(17)18)8-10(16)15-7-6-14(5)13(3,4)9-15/h6-9H2,1-5H3,(H,17,18). The molecule has 0 atom stereocenters. The highest BCUT2D eigenvalue weighted by Gasteiger charge is 2.37. The molecule has 1 amide bonds. The summed E-state index contributed by atoms with van der Waals surface area (Å²) >= 11 is 0. The number of amides is 1. The Kier molecular flexibility index (Phi) is 4.05. The van der Waals surface area contributed by atoms with Crippen molar-refractivity contribution >= 4 is 11.9 Å². The summed E-state index contributed by atoms with van der Waals surface area (Å²) in [5.41, 5.74) is -1.05. The van der Waals surface area contributed by atoms with Gasteiger partial charge in [0, 0.05) is 31.6 Å². The number of rotatable bonds is 3. The van der Waals surface area contributed by atoms with Crippen LogP contribution in [0.5, 0.6) is 0 Å². The first-order valence-corrected chi connectivity index (χ1v) is 6.29. The minimum absolute atomic E-state index is 0.0543. The Morgan fingerprint density at radius 1 is 1.28 bits per heavy atom. The van der Waals surface area contributed by atoms with Crippen LogP contribution in [-0.2, 0) is 9.59 Å². The van der Waals surface area contributed by atoms with Crippen LogP contribution in [0, 0.1) is 5.41 Å². The highest BCUT2D eigenvalue weighted by Crippen LogP contribution is 2.25. The zero-order chi connectivity index (χ0) is 14.1. The van der Waals surface area contributed by atoms with Crippen molar-refractivity contribution in [3.63, 3.8) is 0 Å². The lowest BCUT2D eigenvalue weighted by Crippen LogP contribution is -2.59. The number of aliphatic carboxylic acids is 1. The van der Waals surface area contributed by atoms with Crippen molar-refractivity contribution in [1.82, 2.24) is 9.80 Å². The minimum Gasteiger partial charge on any atom is -0.481 e. The van der Waals surface area contributed by atoms with Crippen molar-refractivity contribution in [3.05, 3.63) is 0 Å². The number of hydrogen-bond donors (Lipinski definition) is 1. The Bertz CT molecular complexity index is 350. The maximum Gasteiger partial charge on any atom is 0.309 e. The molecule has 1 aliphatic rings. The van der Waals surface area contributed by atoms with Crippen LogP contribution in [0.15, 0.2) is 0 Å². The third-order valence-corrected chi connectivity index (χ3v) is 3.84. The molecular weight excluding hydrogens is 232 g/mol. The fourth-order valence-corrected chi connectivity index (χ4v) is 2.02. The Balaban J connectivity index is 2.67. The zero-order valence-electron chi connectivity index (χ0n) is 12.0. The summed E-state index contributed by atoms with van der Waals surface area (Å²) in [7, 11) is 2.04. The van der Waals surface area contributed by atoms with Gasteiger partial charge in [0.05, 0.1) is 5.41 Å². The van der Waals surface area contributed by atoms with Crippen LogP contribution in [0.1, 0.15) is 34.1 Å². The molecule has 1 rings (SSSR count). The van der Waals surface area contributed by atoms with E-state index in [2.05, 4.69) is 18.7 Å². The summed E-state index contributed by atoms with van der Waals surface area (Å²) < 4.78 is 0. The van der Waals surface area contributed by atoms with Crippen molar-refractivity contribution in [2.24, 2.45) is 5.41 Å². The first kappa shape index (κ1) is 15.0. The van der Waals surface area contributed by atoms with Crippen LogP contribution in [0.2, 0.25) is 0 Å². The Morgan fingerprint density at radius 3 is 2.28 bits per heavy atom. The van der Waals surface area contributed by atoms with Gasteiger partial charge in [-0.25, -0.2) is 0 Å². The maximum atomic E-state index is 12.2. The third kappa shape index (κ3) is 3.22. The molecular formula is C13H24N2O3. The highest BCUT2D eigenvalue weighted by molar-refractivity contribution is 5.84. The largest absolute Gasteiger partial charge is 0.481 e. The van der Waals surface area contributed by atoms with E-state index in [0.717, 1.165) is 6.54 Å². The lowest BCUT2D eigenvalue weighted by atomic mass is 9.88. The Hall–Kier alpha value is -1.10. The van der Waals surface area contributed by atoms with Crippen molar-refractivity contribution in [1.29, 1.82) is 0 Å². The molecule has 104 valence electrons. The molecule has 0 unspecified atom stereocenters. The van der Waals surface area contributed by atoms with Crippen molar-refractivity contribution in [2.75, 3.05) is 26.7 Å². The summed E-state index contributed by atoms with van der Waals surface area (Å²) in [6, 6.07) is 0. The molecule has 18 heavy (non-hydrogen) atoms. The molecule has 1 aliphatic heterocycles. The predicted molar refractivity (Wildman–Crippen MR) is 69.3 cm³/mol. The fraction of sp³-hybridized carbons (Fsp3) is 0.846. The van der Waals surface area contributed by atoms with E-state index >= 15 is 0 Å². The van der Waals surface area contributed by atoms with E-state index < -0.39 is 11.4 Å². The molecule has 5 heteroatoms. The molecule has 1 fully saturated rings. The molecule has 0 aromatic rings. The number of carboxylic acid groups (broad SMARTS) is 1. The molecule has 0 bridgehead atoms. The predicted octanol–water partition coefficient (Wildman–Crippen LogP) is 1.04. The second-order valence-electron chi connectivity index (χ2n) is 6.42. The molecule has 1 saturated heterocycles. The van der Waals surface area contributed by atoms with E-state index in [1.54, 1.807) is 18.7 Å². The van der Waals surface area contributed by atoms with Gasteiger partial charge in [-0.3, -0.25) is 14.5 Å². The van der Waals surface area contributed by atoms with Gasteiger partial charge >= 0.3 is 5.97 Å². The lowest BCUT2D eigenvalue weighted by Gasteiger charge is -2.45. The van der Waals surface area contributed by atoms with Gasteiger partial charge in [0.15, 0.2) is 0 Å². The van der Waals surface area contributed by atoms with Crippen LogP contribution in [0.3, 0.4) is 0 Å². The summed E-state index contributed by atoms with van der Waals surface area (Å²) in [5, 5.41) is 9.05. The number of likely N-dealkylation sites (N-methyl/N-ethyl adjacent to an activating group) is 1. The van der Waals surface area contributed by atoms with Crippen molar-refractivity contribution in [2.45, 2.75) is 39.7 Å². The Labute approximate surface area is 109 Å². The summed E-state index contributed by atoms with van der Waals surface area (Å²) in [6.45, 7) is 9.52. The Morgan fingerprint density at radius 2 is 1.83 bits per heavy atom. The molecule has 0 radical (unpaired) electrons. The number of nitrogens with zero attached hydrogens (tertiary/aromatic N) is 2. The number of piperazine rings is 1. The number of carbonyl (C=O) groups excluding carboxylic acids is 1. The SMILES string of the molecule is CN1CCN(C(=O)CC(C)(C)C(=O)O)CC1(C)C. The van der Waals surface area contributed by atoms with Gasteiger partial charge in [0.2, 0.25) is 5.91 Å². The van der Waals surface area contributed by atoms with E-state index in [9.17, 15) is 9.59 Å². The van der Waals surface area contributed by atoms with Gasteiger partial charge in [-0.15, -0.1) is 0 Å². The van der Waals surface area contributed by atoms with Gasteiger partial charge in [0.25, 0.3) is 0 Å². The normalized spacial score (nSPS) is 20.8. The number of hydrogen-bond acceptors (Lipinski definition) is 3. The molecule has 0 aromatic carbocycles. The monoisotopic (exact) mass is 256 g/mol. The number of carboxylic acids is 1. The fourth-order valence-electron chi connectivity index (χ4n) is 2.02. The van der Waals surface area contributed by atoms with Crippen LogP contribution >= 0.6 is 0 Å². The number of carbonyl (C=O) groups is 2. The average Bonchev–Trinajstić information content (AvgIpc) is 2.21. The summed E-state index contributed by atoms with van der Waals surface area (Å²) in [6.07, 6.45) is 0.0577. The lowest BCUT2D eigenvalue weighted by molar-refractivity contribution is -0.152.